The van der Waals surface area contributed by atoms with Crippen molar-refractivity contribution in [1.82, 2.24) is 10.3 Å². The normalized spacial score (nSPS) is 11.7. The maximum absolute atomic E-state index is 10.4. The van der Waals surface area contributed by atoms with Crippen molar-refractivity contribution in [3.05, 3.63) is 126 Å². The molecule has 0 aliphatic rings. The lowest BCUT2D eigenvalue weighted by Gasteiger charge is -2.22. The molecular formula is C32H32N2O. The van der Waals surface area contributed by atoms with Crippen molar-refractivity contribution >= 4 is 22.4 Å². The smallest absolute Gasteiger partial charge is 0.116 e. The van der Waals surface area contributed by atoms with Crippen LogP contribution in [0.2, 0.25) is 0 Å². The minimum atomic E-state index is 0.00366. The van der Waals surface area contributed by atoms with Crippen LogP contribution >= 0.6 is 0 Å². The summed E-state index contributed by atoms with van der Waals surface area (Å²) in [5.74, 6) is 0.00366. The Bertz CT molecular complexity index is 1430. The number of nitrogens with zero attached hydrogens (tertiary/aromatic N) is 1. The van der Waals surface area contributed by atoms with Crippen LogP contribution in [0.25, 0.3) is 33.5 Å². The number of benzene rings is 3. The Morgan fingerprint density at radius 1 is 0.886 bits per heavy atom. The van der Waals surface area contributed by atoms with Gasteiger partial charge in [0.15, 0.2) is 0 Å². The van der Waals surface area contributed by atoms with Gasteiger partial charge in [-0.25, -0.2) is 4.98 Å². The number of nitrogens with one attached hydrogen (secondary N) is 1. The molecule has 1 atom stereocenters. The summed E-state index contributed by atoms with van der Waals surface area (Å²) >= 11 is 0. The molecule has 0 aliphatic heterocycles. The first-order valence-corrected chi connectivity index (χ1v) is 11.8. The molecule has 1 aromatic heterocycles. The minimum absolute atomic E-state index is 0.00366. The van der Waals surface area contributed by atoms with E-state index in [0.717, 1.165) is 34.0 Å². The summed E-state index contributed by atoms with van der Waals surface area (Å²) in [4.78, 5) is 4.86. The number of aliphatic hydroxyl groups excluding tert-OH is 1. The fraction of sp³-hybridized carbons (Fsp3) is 0.156. The van der Waals surface area contributed by atoms with Gasteiger partial charge in [0, 0.05) is 10.9 Å². The molecule has 0 spiro atoms. The van der Waals surface area contributed by atoms with Crippen molar-refractivity contribution in [2.24, 2.45) is 0 Å². The van der Waals surface area contributed by atoms with Gasteiger partial charge in [0.25, 0.3) is 0 Å². The number of aryl methyl sites for hydroxylation is 2. The SMILES string of the molecule is C=C(NC(Cc1ccc(C)cc1)C(=C)C)c1cc(C(=C)O)c2cc(-c3cccc(C)c3)ccc2n1. The number of rotatable bonds is 8. The van der Waals surface area contributed by atoms with E-state index in [-0.39, 0.29) is 11.8 Å². The number of pyridine rings is 1. The van der Waals surface area contributed by atoms with Crippen LogP contribution in [0.3, 0.4) is 0 Å². The predicted molar refractivity (Wildman–Crippen MR) is 149 cm³/mol. The van der Waals surface area contributed by atoms with E-state index < -0.39 is 0 Å². The second kappa shape index (κ2) is 10.0. The van der Waals surface area contributed by atoms with E-state index >= 15 is 0 Å². The van der Waals surface area contributed by atoms with Crippen molar-refractivity contribution in [3.8, 4) is 11.1 Å². The van der Waals surface area contributed by atoms with Gasteiger partial charge in [-0.1, -0.05) is 91.0 Å². The molecule has 3 nitrogen and oxygen atoms in total. The van der Waals surface area contributed by atoms with E-state index in [1.54, 1.807) is 0 Å². The van der Waals surface area contributed by atoms with E-state index in [1.807, 2.05) is 25.1 Å². The zero-order valence-electron chi connectivity index (χ0n) is 20.7. The predicted octanol–water partition coefficient (Wildman–Crippen LogP) is 7.80. The Balaban J connectivity index is 1.67. The van der Waals surface area contributed by atoms with Gasteiger partial charge in [-0.2, -0.15) is 0 Å². The largest absolute Gasteiger partial charge is 0.508 e. The third-order valence-electron chi connectivity index (χ3n) is 6.28. The van der Waals surface area contributed by atoms with Gasteiger partial charge < -0.3 is 10.4 Å². The molecule has 3 heteroatoms. The summed E-state index contributed by atoms with van der Waals surface area (Å²) in [6, 6.07) is 24.8. The Kier molecular flexibility index (Phi) is 6.88. The molecule has 35 heavy (non-hydrogen) atoms. The van der Waals surface area contributed by atoms with Gasteiger partial charge >= 0.3 is 0 Å². The van der Waals surface area contributed by atoms with E-state index in [9.17, 15) is 5.11 Å². The van der Waals surface area contributed by atoms with Crippen LogP contribution in [0, 0.1) is 13.8 Å². The lowest BCUT2D eigenvalue weighted by molar-refractivity contribution is 0.514. The number of aliphatic hydroxyl groups is 1. The summed E-state index contributed by atoms with van der Waals surface area (Å²) in [6.07, 6.45) is 0.793. The summed E-state index contributed by atoms with van der Waals surface area (Å²) in [5.41, 5.74) is 9.63. The molecule has 4 rings (SSSR count). The minimum Gasteiger partial charge on any atom is -0.508 e. The van der Waals surface area contributed by atoms with Gasteiger partial charge in [0.2, 0.25) is 0 Å². The van der Waals surface area contributed by atoms with Crippen molar-refractivity contribution < 1.29 is 5.11 Å². The molecule has 0 saturated heterocycles. The van der Waals surface area contributed by atoms with Gasteiger partial charge in [-0.15, -0.1) is 0 Å². The molecule has 2 N–H and O–H groups in total. The molecule has 0 aliphatic carbocycles. The molecule has 1 unspecified atom stereocenters. The summed E-state index contributed by atoms with van der Waals surface area (Å²) in [6.45, 7) is 18.4. The van der Waals surface area contributed by atoms with Crippen LogP contribution < -0.4 is 5.32 Å². The Hall–Kier alpha value is -4.11. The van der Waals surface area contributed by atoms with Crippen LogP contribution in [-0.2, 0) is 6.42 Å². The van der Waals surface area contributed by atoms with Gasteiger partial charge in [-0.05, 0) is 62.1 Å². The first-order valence-electron chi connectivity index (χ1n) is 11.8. The van der Waals surface area contributed by atoms with Gasteiger partial charge in [0.05, 0.1) is 22.9 Å². The van der Waals surface area contributed by atoms with Crippen LogP contribution in [0.15, 0.2) is 98.1 Å². The van der Waals surface area contributed by atoms with Crippen LogP contribution in [0.1, 0.15) is 34.9 Å². The molecule has 3 aromatic carbocycles. The maximum atomic E-state index is 10.4. The van der Waals surface area contributed by atoms with E-state index in [0.29, 0.717) is 17.0 Å². The number of hydrogen-bond acceptors (Lipinski definition) is 3. The lowest BCUT2D eigenvalue weighted by Crippen LogP contribution is -2.30. The van der Waals surface area contributed by atoms with Crippen molar-refractivity contribution in [3.63, 3.8) is 0 Å². The summed E-state index contributed by atoms with van der Waals surface area (Å²) in [5, 5.41) is 14.8. The maximum Gasteiger partial charge on any atom is 0.116 e. The highest BCUT2D eigenvalue weighted by Crippen LogP contribution is 2.30. The second-order valence-corrected chi connectivity index (χ2v) is 9.31. The van der Waals surface area contributed by atoms with E-state index in [2.05, 4.69) is 93.5 Å². The molecule has 0 saturated carbocycles. The highest BCUT2D eigenvalue weighted by Gasteiger charge is 2.16. The number of fused-ring (bicyclic) bond motifs is 1. The highest BCUT2D eigenvalue weighted by atomic mass is 16.3. The monoisotopic (exact) mass is 460 g/mol. The molecule has 176 valence electrons. The first kappa shape index (κ1) is 24.0. The Labute approximate surface area is 208 Å². The second-order valence-electron chi connectivity index (χ2n) is 9.31. The molecule has 0 radical (unpaired) electrons. The third-order valence-corrected chi connectivity index (χ3v) is 6.28. The van der Waals surface area contributed by atoms with Crippen LogP contribution in [-0.4, -0.2) is 16.1 Å². The molecule has 0 fully saturated rings. The van der Waals surface area contributed by atoms with Crippen molar-refractivity contribution in [1.29, 1.82) is 0 Å². The molecule has 4 aromatic rings. The quantitative estimate of drug-likeness (QED) is 0.208. The van der Waals surface area contributed by atoms with Crippen molar-refractivity contribution in [2.45, 2.75) is 33.2 Å². The van der Waals surface area contributed by atoms with Crippen molar-refractivity contribution in [2.75, 3.05) is 0 Å². The number of aromatic nitrogens is 1. The molecule has 0 amide bonds. The summed E-state index contributed by atoms with van der Waals surface area (Å²) < 4.78 is 0. The third kappa shape index (κ3) is 5.52. The zero-order chi connectivity index (χ0) is 25.1. The number of hydrogen-bond donors (Lipinski definition) is 2. The molecular weight excluding hydrogens is 428 g/mol. The molecule has 0 bridgehead atoms. The Morgan fingerprint density at radius 2 is 1.60 bits per heavy atom. The fourth-order valence-electron chi connectivity index (χ4n) is 4.22. The van der Waals surface area contributed by atoms with Gasteiger partial charge in [0.1, 0.15) is 5.76 Å². The fourth-order valence-corrected chi connectivity index (χ4v) is 4.22. The van der Waals surface area contributed by atoms with E-state index in [1.165, 1.54) is 16.7 Å². The summed E-state index contributed by atoms with van der Waals surface area (Å²) in [7, 11) is 0. The highest BCUT2D eigenvalue weighted by molar-refractivity contribution is 5.94. The average Bonchev–Trinajstić information content (AvgIpc) is 2.83. The topological polar surface area (TPSA) is 45.1 Å². The zero-order valence-corrected chi connectivity index (χ0v) is 20.7. The average molecular weight is 461 g/mol. The Morgan fingerprint density at radius 3 is 2.26 bits per heavy atom. The van der Waals surface area contributed by atoms with E-state index in [4.69, 9.17) is 4.98 Å². The van der Waals surface area contributed by atoms with Crippen LogP contribution in [0.4, 0.5) is 0 Å². The first-order chi connectivity index (χ1) is 16.7. The molecule has 1 heterocycles. The van der Waals surface area contributed by atoms with Crippen LogP contribution in [0.5, 0.6) is 0 Å². The standard InChI is InChI=1S/C32H32N2O/c1-20(2)31(17-25-12-10-21(3)11-13-25)33-23(5)32-19-28(24(6)35)29-18-27(14-15-30(29)34-32)26-9-7-8-22(4)16-26/h7-16,18-19,31,33,35H,1,5-6,17H2,2-4H3. The van der Waals surface area contributed by atoms with Gasteiger partial charge in [-0.3, -0.25) is 0 Å². The lowest BCUT2D eigenvalue weighted by atomic mass is 9.97.